The van der Waals surface area contributed by atoms with Crippen LogP contribution in [0.25, 0.3) is 0 Å². The molecule has 0 aliphatic carbocycles. The molecule has 30 heavy (non-hydrogen) atoms. The Morgan fingerprint density at radius 3 is 2.17 bits per heavy atom. The van der Waals surface area contributed by atoms with Gasteiger partial charge in [-0.2, -0.15) is 5.10 Å². The van der Waals surface area contributed by atoms with E-state index in [1.807, 2.05) is 58.0 Å². The van der Waals surface area contributed by atoms with E-state index in [0.717, 1.165) is 44.6 Å². The first-order valence-corrected chi connectivity index (χ1v) is 10.8. The monoisotopic (exact) mass is 418 g/mol. The van der Waals surface area contributed by atoms with E-state index in [0.29, 0.717) is 5.56 Å². The molecule has 1 N–H and O–H groups in total. The molecule has 1 heterocycles. The Morgan fingerprint density at radius 2 is 1.57 bits per heavy atom. The molecule has 2 aromatic carbocycles. The van der Waals surface area contributed by atoms with E-state index in [1.54, 1.807) is 18.0 Å². The fourth-order valence-corrected chi connectivity index (χ4v) is 4.18. The molecule has 5 nitrogen and oxygen atoms in total. The molecule has 1 amide bonds. The number of nitrogens with one attached hydrogen (secondary N) is 1. The number of hydrazone groups is 1. The van der Waals surface area contributed by atoms with Crippen LogP contribution >= 0.6 is 11.8 Å². The number of rotatable bonds is 6. The van der Waals surface area contributed by atoms with Crippen LogP contribution in [-0.2, 0) is 5.75 Å². The highest BCUT2D eigenvalue weighted by Crippen LogP contribution is 2.20. The number of thioether (sulfide) groups is 1. The zero-order chi connectivity index (χ0) is 21.7. The Kier molecular flexibility index (Phi) is 7.00. The third-order valence-corrected chi connectivity index (χ3v) is 5.56. The summed E-state index contributed by atoms with van der Waals surface area (Å²) in [5.41, 5.74) is 10.7. The van der Waals surface area contributed by atoms with Crippen LogP contribution in [0.3, 0.4) is 0 Å². The summed E-state index contributed by atoms with van der Waals surface area (Å²) in [7, 11) is 0. The Balaban J connectivity index is 1.58. The highest BCUT2D eigenvalue weighted by Gasteiger charge is 2.06. The van der Waals surface area contributed by atoms with Crippen LogP contribution in [0.1, 0.15) is 49.6 Å². The van der Waals surface area contributed by atoms with Gasteiger partial charge in [0.15, 0.2) is 5.16 Å². The second kappa shape index (κ2) is 9.67. The molecule has 0 radical (unpaired) electrons. The van der Waals surface area contributed by atoms with Gasteiger partial charge >= 0.3 is 0 Å². The number of benzene rings is 2. The molecular formula is C24H26N4OS. The quantitative estimate of drug-likeness (QED) is 0.262. The van der Waals surface area contributed by atoms with Gasteiger partial charge < -0.3 is 0 Å². The van der Waals surface area contributed by atoms with Crippen molar-refractivity contribution < 1.29 is 4.79 Å². The van der Waals surface area contributed by atoms with Gasteiger partial charge in [0.1, 0.15) is 0 Å². The smallest absolute Gasteiger partial charge is 0.267 e. The summed E-state index contributed by atoms with van der Waals surface area (Å²) < 4.78 is 0. The van der Waals surface area contributed by atoms with Crippen molar-refractivity contribution >= 4 is 23.9 Å². The van der Waals surface area contributed by atoms with Gasteiger partial charge in [0, 0.05) is 28.3 Å². The van der Waals surface area contributed by atoms with Crippen molar-refractivity contribution in [2.75, 3.05) is 0 Å². The van der Waals surface area contributed by atoms with E-state index in [9.17, 15) is 4.79 Å². The standard InChI is InChI=1S/C24H26N4OS/c1-15-10-16(2)22(17(3)11-15)13-25-28-23(29)21-8-6-20(7-9-21)14-30-24-26-18(4)12-19(5)27-24/h6-13H,14H2,1-5H3,(H,28,29)/b25-13-. The molecule has 0 spiro atoms. The lowest BCUT2D eigenvalue weighted by Crippen LogP contribution is -2.17. The summed E-state index contributed by atoms with van der Waals surface area (Å²) in [5.74, 6) is 0.514. The van der Waals surface area contributed by atoms with Crippen molar-refractivity contribution in [3.8, 4) is 0 Å². The predicted molar refractivity (Wildman–Crippen MR) is 123 cm³/mol. The van der Waals surface area contributed by atoms with E-state index in [1.165, 1.54) is 5.56 Å². The lowest BCUT2D eigenvalue weighted by atomic mass is 10.0. The lowest BCUT2D eigenvalue weighted by molar-refractivity contribution is 0.0955. The van der Waals surface area contributed by atoms with Gasteiger partial charge in [-0.3, -0.25) is 4.79 Å². The van der Waals surface area contributed by atoms with E-state index in [-0.39, 0.29) is 5.91 Å². The highest BCUT2D eigenvalue weighted by atomic mass is 32.2. The van der Waals surface area contributed by atoms with E-state index < -0.39 is 0 Å². The maximum atomic E-state index is 12.4. The molecule has 154 valence electrons. The predicted octanol–water partition coefficient (Wildman–Crippen LogP) is 5.07. The molecule has 0 atom stereocenters. The van der Waals surface area contributed by atoms with Crippen LogP contribution in [0.2, 0.25) is 0 Å². The van der Waals surface area contributed by atoms with Crippen molar-refractivity contribution in [2.24, 2.45) is 5.10 Å². The molecule has 0 aliphatic rings. The maximum Gasteiger partial charge on any atom is 0.271 e. The van der Waals surface area contributed by atoms with Crippen LogP contribution in [0.15, 0.2) is 52.7 Å². The minimum absolute atomic E-state index is 0.231. The summed E-state index contributed by atoms with van der Waals surface area (Å²) in [5, 5.41) is 4.91. The number of hydrogen-bond donors (Lipinski definition) is 1. The van der Waals surface area contributed by atoms with Gasteiger partial charge in [-0.1, -0.05) is 41.6 Å². The molecule has 3 rings (SSSR count). The van der Waals surface area contributed by atoms with Gasteiger partial charge in [-0.25, -0.2) is 15.4 Å². The molecule has 1 aromatic heterocycles. The van der Waals surface area contributed by atoms with Crippen molar-refractivity contribution in [1.29, 1.82) is 0 Å². The highest BCUT2D eigenvalue weighted by molar-refractivity contribution is 7.98. The zero-order valence-corrected chi connectivity index (χ0v) is 18.8. The fourth-order valence-electron chi connectivity index (χ4n) is 3.27. The minimum atomic E-state index is -0.231. The van der Waals surface area contributed by atoms with Crippen LogP contribution in [0.4, 0.5) is 0 Å². The fraction of sp³-hybridized carbons (Fsp3) is 0.250. The Labute approximate surface area is 182 Å². The zero-order valence-electron chi connectivity index (χ0n) is 18.0. The molecule has 0 saturated carbocycles. The number of aryl methyl sites for hydroxylation is 5. The van der Waals surface area contributed by atoms with Gasteiger partial charge in [-0.05, 0) is 69.5 Å². The third kappa shape index (κ3) is 5.76. The molecule has 0 unspecified atom stereocenters. The van der Waals surface area contributed by atoms with Gasteiger partial charge in [0.2, 0.25) is 0 Å². The number of amides is 1. The number of nitrogens with zero attached hydrogens (tertiary/aromatic N) is 3. The summed E-state index contributed by atoms with van der Waals surface area (Å²) in [6.45, 7) is 10.1. The summed E-state index contributed by atoms with van der Waals surface area (Å²) >= 11 is 1.58. The normalized spacial score (nSPS) is 11.1. The van der Waals surface area contributed by atoms with E-state index in [4.69, 9.17) is 0 Å². The lowest BCUT2D eigenvalue weighted by Gasteiger charge is -2.07. The second-order valence-corrected chi connectivity index (χ2v) is 8.37. The first-order valence-electron chi connectivity index (χ1n) is 9.77. The molecule has 0 aliphatic heterocycles. The molecule has 0 bridgehead atoms. The Morgan fingerprint density at radius 1 is 0.967 bits per heavy atom. The Bertz CT molecular complexity index is 1050. The first kappa shape index (κ1) is 21.7. The van der Waals surface area contributed by atoms with Crippen LogP contribution < -0.4 is 5.43 Å². The van der Waals surface area contributed by atoms with Crippen LogP contribution in [0.5, 0.6) is 0 Å². The third-order valence-electron chi connectivity index (χ3n) is 4.64. The second-order valence-electron chi connectivity index (χ2n) is 7.43. The number of aromatic nitrogens is 2. The van der Waals surface area contributed by atoms with Crippen molar-refractivity contribution in [1.82, 2.24) is 15.4 Å². The molecule has 3 aromatic rings. The average molecular weight is 419 g/mol. The van der Waals surface area contributed by atoms with Crippen molar-refractivity contribution in [2.45, 2.75) is 45.5 Å². The molecular weight excluding hydrogens is 392 g/mol. The largest absolute Gasteiger partial charge is 0.271 e. The summed E-state index contributed by atoms with van der Waals surface area (Å²) in [4.78, 5) is 21.3. The topological polar surface area (TPSA) is 67.2 Å². The molecule has 0 fully saturated rings. The summed E-state index contributed by atoms with van der Waals surface area (Å²) in [6, 6.07) is 13.7. The van der Waals surface area contributed by atoms with Gasteiger partial charge in [0.25, 0.3) is 5.91 Å². The SMILES string of the molecule is Cc1cc(C)c(/C=N\NC(=O)c2ccc(CSc3nc(C)cc(C)n3)cc2)c(C)c1. The van der Waals surface area contributed by atoms with Crippen LogP contribution in [-0.4, -0.2) is 22.1 Å². The van der Waals surface area contributed by atoms with E-state index in [2.05, 4.69) is 39.6 Å². The Hall–Kier alpha value is -2.99. The van der Waals surface area contributed by atoms with Crippen molar-refractivity contribution in [3.05, 3.63) is 87.2 Å². The summed E-state index contributed by atoms with van der Waals surface area (Å²) in [6.07, 6.45) is 1.71. The average Bonchev–Trinajstić information content (AvgIpc) is 2.68. The van der Waals surface area contributed by atoms with Crippen molar-refractivity contribution in [3.63, 3.8) is 0 Å². The van der Waals surface area contributed by atoms with Crippen LogP contribution in [0, 0.1) is 34.6 Å². The minimum Gasteiger partial charge on any atom is -0.267 e. The van der Waals surface area contributed by atoms with E-state index >= 15 is 0 Å². The molecule has 6 heteroatoms. The molecule has 0 saturated heterocycles. The number of carbonyl (C=O) groups is 1. The number of hydrogen-bond acceptors (Lipinski definition) is 5. The first-order chi connectivity index (χ1) is 14.3. The van der Waals surface area contributed by atoms with Gasteiger partial charge in [-0.15, -0.1) is 0 Å². The number of carbonyl (C=O) groups excluding carboxylic acids is 1. The van der Waals surface area contributed by atoms with Gasteiger partial charge in [0.05, 0.1) is 6.21 Å². The maximum absolute atomic E-state index is 12.4.